The largest absolute Gasteiger partial charge is 0.492 e. The molecule has 0 atom stereocenters. The Morgan fingerprint density at radius 1 is 1.20 bits per heavy atom. The Labute approximate surface area is 109 Å². The third-order valence-electron chi connectivity index (χ3n) is 1.93. The first-order chi connectivity index (χ1) is 7.24. The van der Waals surface area contributed by atoms with E-state index < -0.39 is 0 Å². The first-order valence-electron chi connectivity index (χ1n) is 4.88. The van der Waals surface area contributed by atoms with E-state index in [0.717, 1.165) is 35.4 Å². The minimum absolute atomic E-state index is 0.640. The molecule has 0 amide bonds. The standard InChI is InChI=1S/C11H13BrCl2O/c12-9-4-5-11(10(14)8-9)15-7-3-1-2-6-13/h4-5,8H,1-3,6-7H2. The molecule has 0 aromatic heterocycles. The van der Waals surface area contributed by atoms with Crippen molar-refractivity contribution >= 4 is 39.1 Å². The summed E-state index contributed by atoms with van der Waals surface area (Å²) in [7, 11) is 0. The SMILES string of the molecule is ClCCCCCOc1ccc(Br)cc1Cl. The lowest BCUT2D eigenvalue weighted by Gasteiger charge is -2.07. The zero-order valence-electron chi connectivity index (χ0n) is 8.31. The van der Waals surface area contributed by atoms with Crippen LogP contribution in [0, 0.1) is 0 Å². The highest BCUT2D eigenvalue weighted by atomic mass is 79.9. The summed E-state index contributed by atoms with van der Waals surface area (Å²) in [5.74, 6) is 1.46. The van der Waals surface area contributed by atoms with Crippen molar-refractivity contribution in [3.8, 4) is 5.75 Å². The van der Waals surface area contributed by atoms with Gasteiger partial charge in [0.15, 0.2) is 0 Å². The Morgan fingerprint density at radius 2 is 2.00 bits per heavy atom. The highest BCUT2D eigenvalue weighted by Crippen LogP contribution is 2.27. The van der Waals surface area contributed by atoms with Crippen LogP contribution in [0.3, 0.4) is 0 Å². The van der Waals surface area contributed by atoms with Gasteiger partial charge in [-0.25, -0.2) is 0 Å². The molecule has 0 fully saturated rings. The van der Waals surface area contributed by atoms with Crippen molar-refractivity contribution in [2.24, 2.45) is 0 Å². The van der Waals surface area contributed by atoms with Crippen LogP contribution in [-0.2, 0) is 0 Å². The van der Waals surface area contributed by atoms with Crippen LogP contribution >= 0.6 is 39.1 Å². The number of hydrogen-bond donors (Lipinski definition) is 0. The highest BCUT2D eigenvalue weighted by Gasteiger charge is 2.01. The van der Waals surface area contributed by atoms with Crippen molar-refractivity contribution < 1.29 is 4.74 Å². The summed E-state index contributed by atoms with van der Waals surface area (Å²) in [6.07, 6.45) is 3.15. The lowest BCUT2D eigenvalue weighted by molar-refractivity contribution is 0.306. The maximum Gasteiger partial charge on any atom is 0.137 e. The van der Waals surface area contributed by atoms with Crippen LogP contribution in [0.4, 0.5) is 0 Å². The Morgan fingerprint density at radius 3 is 2.67 bits per heavy atom. The number of ether oxygens (including phenoxy) is 1. The Kier molecular flexibility index (Phi) is 6.46. The molecule has 4 heteroatoms. The average molecular weight is 312 g/mol. The molecule has 0 saturated heterocycles. The predicted octanol–water partition coefficient (Wildman–Crippen LogP) is 4.89. The topological polar surface area (TPSA) is 9.23 Å². The maximum atomic E-state index is 5.99. The molecule has 84 valence electrons. The Balaban J connectivity index is 2.31. The summed E-state index contributed by atoms with van der Waals surface area (Å²) >= 11 is 14.9. The van der Waals surface area contributed by atoms with E-state index in [0.29, 0.717) is 11.6 Å². The summed E-state index contributed by atoms with van der Waals surface area (Å²) in [5.41, 5.74) is 0. The second-order valence-electron chi connectivity index (χ2n) is 3.17. The van der Waals surface area contributed by atoms with E-state index in [1.807, 2.05) is 18.2 Å². The van der Waals surface area contributed by atoms with E-state index in [-0.39, 0.29) is 0 Å². The van der Waals surface area contributed by atoms with Gasteiger partial charge in [-0.3, -0.25) is 0 Å². The number of benzene rings is 1. The zero-order valence-corrected chi connectivity index (χ0v) is 11.4. The summed E-state index contributed by atoms with van der Waals surface area (Å²) in [4.78, 5) is 0. The lowest BCUT2D eigenvalue weighted by Crippen LogP contribution is -1.97. The third kappa shape index (κ3) is 5.10. The third-order valence-corrected chi connectivity index (χ3v) is 2.99. The fourth-order valence-corrected chi connectivity index (χ4v) is 2.06. The normalized spacial score (nSPS) is 10.3. The second-order valence-corrected chi connectivity index (χ2v) is 4.87. The fraction of sp³-hybridized carbons (Fsp3) is 0.455. The summed E-state index contributed by atoms with van der Waals surface area (Å²) in [5, 5.41) is 0.640. The van der Waals surface area contributed by atoms with Crippen LogP contribution in [0.1, 0.15) is 19.3 Å². The quantitative estimate of drug-likeness (QED) is 0.537. The molecule has 1 rings (SSSR count). The molecule has 0 bridgehead atoms. The van der Waals surface area contributed by atoms with Crippen LogP contribution in [0.25, 0.3) is 0 Å². The van der Waals surface area contributed by atoms with Gasteiger partial charge in [0, 0.05) is 10.4 Å². The van der Waals surface area contributed by atoms with E-state index in [4.69, 9.17) is 27.9 Å². The summed E-state index contributed by atoms with van der Waals surface area (Å²) < 4.78 is 6.50. The van der Waals surface area contributed by atoms with Gasteiger partial charge >= 0.3 is 0 Å². The van der Waals surface area contributed by atoms with Crippen molar-refractivity contribution in [1.29, 1.82) is 0 Å². The van der Waals surface area contributed by atoms with Gasteiger partial charge in [0.1, 0.15) is 5.75 Å². The van der Waals surface area contributed by atoms with Crippen molar-refractivity contribution in [3.05, 3.63) is 27.7 Å². The molecule has 1 nitrogen and oxygen atoms in total. The van der Waals surface area contributed by atoms with Crippen molar-refractivity contribution in [1.82, 2.24) is 0 Å². The van der Waals surface area contributed by atoms with Gasteiger partial charge < -0.3 is 4.74 Å². The average Bonchev–Trinajstić information content (AvgIpc) is 2.20. The molecule has 15 heavy (non-hydrogen) atoms. The van der Waals surface area contributed by atoms with Crippen LogP contribution in [-0.4, -0.2) is 12.5 Å². The predicted molar refractivity (Wildman–Crippen MR) is 69.2 cm³/mol. The molecule has 0 aliphatic rings. The van der Waals surface area contributed by atoms with E-state index in [1.54, 1.807) is 0 Å². The molecule has 0 aliphatic heterocycles. The number of halogens is 3. The minimum atomic E-state index is 0.640. The monoisotopic (exact) mass is 310 g/mol. The molecule has 0 aliphatic carbocycles. The molecule has 0 unspecified atom stereocenters. The lowest BCUT2D eigenvalue weighted by atomic mass is 10.3. The van der Waals surface area contributed by atoms with Gasteiger partial charge in [-0.2, -0.15) is 0 Å². The van der Waals surface area contributed by atoms with Gasteiger partial charge in [0.25, 0.3) is 0 Å². The van der Waals surface area contributed by atoms with Gasteiger partial charge in [-0.1, -0.05) is 27.5 Å². The summed E-state index contributed by atoms with van der Waals surface area (Å²) in [6, 6.07) is 5.61. The number of unbranched alkanes of at least 4 members (excludes halogenated alkanes) is 2. The molecule has 0 N–H and O–H groups in total. The van der Waals surface area contributed by atoms with Crippen LogP contribution in [0.2, 0.25) is 5.02 Å². The maximum absolute atomic E-state index is 5.99. The molecule has 0 heterocycles. The van der Waals surface area contributed by atoms with Crippen molar-refractivity contribution in [2.45, 2.75) is 19.3 Å². The van der Waals surface area contributed by atoms with Gasteiger partial charge in [0.05, 0.1) is 11.6 Å². The molecule has 0 radical (unpaired) electrons. The van der Waals surface area contributed by atoms with Crippen molar-refractivity contribution in [2.75, 3.05) is 12.5 Å². The summed E-state index contributed by atoms with van der Waals surface area (Å²) in [6.45, 7) is 0.693. The van der Waals surface area contributed by atoms with Gasteiger partial charge in [0.2, 0.25) is 0 Å². The molecule has 0 saturated carbocycles. The Bertz CT molecular complexity index is 305. The molecule has 1 aromatic carbocycles. The van der Waals surface area contributed by atoms with Crippen LogP contribution in [0.5, 0.6) is 5.75 Å². The number of rotatable bonds is 6. The molecule has 0 spiro atoms. The highest BCUT2D eigenvalue weighted by molar-refractivity contribution is 9.10. The second kappa shape index (κ2) is 7.37. The van der Waals surface area contributed by atoms with E-state index in [9.17, 15) is 0 Å². The first-order valence-corrected chi connectivity index (χ1v) is 6.58. The smallest absolute Gasteiger partial charge is 0.137 e. The van der Waals surface area contributed by atoms with Crippen LogP contribution < -0.4 is 4.74 Å². The van der Waals surface area contributed by atoms with E-state index >= 15 is 0 Å². The Hall–Kier alpha value is 0.0800. The zero-order chi connectivity index (χ0) is 11.1. The van der Waals surface area contributed by atoms with Crippen molar-refractivity contribution in [3.63, 3.8) is 0 Å². The molecular weight excluding hydrogens is 299 g/mol. The molecule has 1 aromatic rings. The minimum Gasteiger partial charge on any atom is -0.492 e. The first kappa shape index (κ1) is 13.1. The van der Waals surface area contributed by atoms with E-state index in [2.05, 4.69) is 15.9 Å². The van der Waals surface area contributed by atoms with Gasteiger partial charge in [-0.05, 0) is 37.5 Å². The number of alkyl halides is 1. The van der Waals surface area contributed by atoms with Crippen LogP contribution in [0.15, 0.2) is 22.7 Å². The van der Waals surface area contributed by atoms with Gasteiger partial charge in [-0.15, -0.1) is 11.6 Å². The number of hydrogen-bond acceptors (Lipinski definition) is 1. The fourth-order valence-electron chi connectivity index (χ4n) is 1.15. The van der Waals surface area contributed by atoms with E-state index in [1.165, 1.54) is 0 Å². The molecular formula is C11H13BrCl2O.